The quantitative estimate of drug-likeness (QED) is 0.752. The third-order valence-electron chi connectivity index (χ3n) is 3.64. The van der Waals surface area contributed by atoms with Crippen molar-refractivity contribution in [2.24, 2.45) is 0 Å². The maximum absolute atomic E-state index is 11.2. The maximum Gasteiger partial charge on any atom is 0.405 e. The predicted octanol–water partition coefficient (Wildman–Crippen LogP) is 3.70. The molecule has 0 bridgehead atoms. The minimum atomic E-state index is -1.09. The van der Waals surface area contributed by atoms with E-state index in [-0.39, 0.29) is 0 Å². The van der Waals surface area contributed by atoms with Crippen LogP contribution in [0.2, 0.25) is 0 Å². The van der Waals surface area contributed by atoms with Gasteiger partial charge in [-0.2, -0.15) is 0 Å². The van der Waals surface area contributed by atoms with E-state index in [1.54, 1.807) is 6.20 Å². The van der Waals surface area contributed by atoms with Gasteiger partial charge in [0.15, 0.2) is 5.82 Å². The zero-order valence-electron chi connectivity index (χ0n) is 13.0. The fourth-order valence-corrected chi connectivity index (χ4v) is 2.52. The molecule has 5 nitrogen and oxygen atoms in total. The van der Waals surface area contributed by atoms with Gasteiger partial charge in [0.1, 0.15) is 0 Å². The van der Waals surface area contributed by atoms with Crippen LogP contribution in [0.1, 0.15) is 17.4 Å². The predicted molar refractivity (Wildman–Crippen MR) is 91.5 cm³/mol. The van der Waals surface area contributed by atoms with E-state index in [4.69, 9.17) is 5.11 Å². The van der Waals surface area contributed by atoms with Gasteiger partial charge in [0.05, 0.1) is 11.7 Å². The molecular formula is C19H17N3O2. The summed E-state index contributed by atoms with van der Waals surface area (Å²) >= 11 is 0. The Morgan fingerprint density at radius 1 is 1.00 bits per heavy atom. The van der Waals surface area contributed by atoms with Crippen LogP contribution in [0.15, 0.2) is 72.9 Å². The second-order valence-electron chi connectivity index (χ2n) is 5.36. The lowest BCUT2D eigenvalue weighted by Gasteiger charge is -2.16. The van der Waals surface area contributed by atoms with Gasteiger partial charge < -0.3 is 10.4 Å². The highest BCUT2D eigenvalue weighted by atomic mass is 16.4. The third kappa shape index (κ3) is 3.95. The summed E-state index contributed by atoms with van der Waals surface area (Å²) < 4.78 is 0. The number of nitrogens with one attached hydrogen (secondary N) is 1. The summed E-state index contributed by atoms with van der Waals surface area (Å²) in [6.45, 7) is 0. The van der Waals surface area contributed by atoms with Crippen molar-refractivity contribution in [1.82, 2.24) is 15.3 Å². The lowest BCUT2D eigenvalue weighted by Crippen LogP contribution is -2.29. The Bertz CT molecular complexity index is 807. The number of amides is 1. The molecule has 0 aliphatic carbocycles. The number of hydrogen-bond donors (Lipinski definition) is 2. The molecule has 2 aromatic carbocycles. The molecular weight excluding hydrogens is 302 g/mol. The number of carboxylic acid groups (broad SMARTS) is 1. The third-order valence-corrected chi connectivity index (χ3v) is 3.64. The molecule has 2 N–H and O–H groups in total. The van der Waals surface area contributed by atoms with Crippen molar-refractivity contribution in [1.29, 1.82) is 0 Å². The molecule has 0 saturated carbocycles. The molecule has 0 spiro atoms. The summed E-state index contributed by atoms with van der Waals surface area (Å²) in [5, 5.41) is 11.7. The summed E-state index contributed by atoms with van der Waals surface area (Å²) in [6, 6.07) is 20.7. The molecule has 3 aromatic rings. The summed E-state index contributed by atoms with van der Waals surface area (Å²) in [6.07, 6.45) is 1.06. The minimum absolute atomic E-state index is 0.461. The van der Waals surface area contributed by atoms with Gasteiger partial charge in [0.2, 0.25) is 0 Å². The van der Waals surface area contributed by atoms with Crippen LogP contribution in [-0.4, -0.2) is 21.2 Å². The fraction of sp³-hybridized carbons (Fsp3) is 0.105. The van der Waals surface area contributed by atoms with Crippen molar-refractivity contribution in [2.75, 3.05) is 0 Å². The zero-order chi connectivity index (χ0) is 16.8. The van der Waals surface area contributed by atoms with Gasteiger partial charge >= 0.3 is 6.09 Å². The van der Waals surface area contributed by atoms with Gasteiger partial charge in [-0.25, -0.2) is 14.8 Å². The van der Waals surface area contributed by atoms with E-state index >= 15 is 0 Å². The highest BCUT2D eigenvalue weighted by Gasteiger charge is 2.18. The Morgan fingerprint density at radius 3 is 2.33 bits per heavy atom. The Balaban J connectivity index is 1.91. The summed E-state index contributed by atoms with van der Waals surface area (Å²) in [5.41, 5.74) is 2.76. The second kappa shape index (κ2) is 7.37. The molecule has 24 heavy (non-hydrogen) atoms. The normalized spacial score (nSPS) is 11.7. The van der Waals surface area contributed by atoms with Gasteiger partial charge in [0.25, 0.3) is 0 Å². The number of hydrogen-bond acceptors (Lipinski definition) is 3. The van der Waals surface area contributed by atoms with Gasteiger partial charge in [-0.3, -0.25) is 0 Å². The first-order valence-electron chi connectivity index (χ1n) is 7.64. The first-order valence-corrected chi connectivity index (χ1v) is 7.64. The van der Waals surface area contributed by atoms with Gasteiger partial charge in [-0.1, -0.05) is 60.7 Å². The highest BCUT2D eigenvalue weighted by molar-refractivity contribution is 5.65. The van der Waals surface area contributed by atoms with E-state index < -0.39 is 12.1 Å². The fourth-order valence-electron chi connectivity index (χ4n) is 2.52. The van der Waals surface area contributed by atoms with E-state index in [0.29, 0.717) is 12.2 Å². The van der Waals surface area contributed by atoms with Crippen molar-refractivity contribution < 1.29 is 9.90 Å². The Hall–Kier alpha value is -3.21. The Kier molecular flexibility index (Phi) is 4.81. The van der Waals surface area contributed by atoms with Crippen molar-refractivity contribution in [3.05, 3.63) is 84.3 Å². The largest absolute Gasteiger partial charge is 0.465 e. The van der Waals surface area contributed by atoms with Crippen LogP contribution in [0.25, 0.3) is 11.3 Å². The standard InChI is InChI=1S/C19H17N3O2/c23-19(24)22-17(13-14-7-3-1-4-8-14)18-20-12-11-16(21-18)15-9-5-2-6-10-15/h1-12,17,22H,13H2,(H,23,24)/t17-/m0/s1. The number of rotatable bonds is 5. The van der Waals surface area contributed by atoms with E-state index in [9.17, 15) is 4.79 Å². The number of nitrogens with zero attached hydrogens (tertiary/aromatic N) is 2. The Morgan fingerprint density at radius 2 is 1.67 bits per heavy atom. The first-order chi connectivity index (χ1) is 11.7. The van der Waals surface area contributed by atoms with E-state index in [1.165, 1.54) is 0 Å². The molecule has 3 rings (SSSR count). The highest BCUT2D eigenvalue weighted by Crippen LogP contribution is 2.20. The Labute approximate surface area is 140 Å². The lowest BCUT2D eigenvalue weighted by molar-refractivity contribution is 0.189. The lowest BCUT2D eigenvalue weighted by atomic mass is 10.0. The molecule has 1 heterocycles. The number of benzene rings is 2. The summed E-state index contributed by atoms with van der Waals surface area (Å²) in [4.78, 5) is 20.0. The molecule has 0 saturated heterocycles. The average Bonchev–Trinajstić information content (AvgIpc) is 2.63. The smallest absolute Gasteiger partial charge is 0.405 e. The number of aromatic nitrogens is 2. The van der Waals surface area contributed by atoms with E-state index in [1.807, 2.05) is 66.7 Å². The topological polar surface area (TPSA) is 75.1 Å². The van der Waals surface area contributed by atoms with Crippen LogP contribution in [0.4, 0.5) is 4.79 Å². The van der Waals surface area contributed by atoms with Crippen LogP contribution < -0.4 is 5.32 Å². The van der Waals surface area contributed by atoms with Gasteiger partial charge in [-0.15, -0.1) is 0 Å². The average molecular weight is 319 g/mol. The molecule has 1 atom stereocenters. The van der Waals surface area contributed by atoms with Crippen LogP contribution >= 0.6 is 0 Å². The SMILES string of the molecule is O=C(O)N[C@@H](Cc1ccccc1)c1nccc(-c2ccccc2)n1. The van der Waals surface area contributed by atoms with Gasteiger partial charge in [-0.05, 0) is 11.6 Å². The van der Waals surface area contributed by atoms with Crippen LogP contribution in [0.3, 0.4) is 0 Å². The molecule has 5 heteroatoms. The molecule has 0 unspecified atom stereocenters. The molecule has 1 aromatic heterocycles. The molecule has 1 amide bonds. The van der Waals surface area contributed by atoms with Crippen LogP contribution in [0.5, 0.6) is 0 Å². The molecule has 0 aliphatic heterocycles. The molecule has 0 aliphatic rings. The first kappa shape index (κ1) is 15.7. The van der Waals surface area contributed by atoms with Crippen molar-refractivity contribution in [2.45, 2.75) is 12.5 Å². The van der Waals surface area contributed by atoms with E-state index in [0.717, 1.165) is 16.8 Å². The van der Waals surface area contributed by atoms with Crippen molar-refractivity contribution >= 4 is 6.09 Å². The van der Waals surface area contributed by atoms with Crippen molar-refractivity contribution in [3.63, 3.8) is 0 Å². The van der Waals surface area contributed by atoms with Crippen LogP contribution in [-0.2, 0) is 6.42 Å². The second-order valence-corrected chi connectivity index (χ2v) is 5.36. The van der Waals surface area contributed by atoms with Gasteiger partial charge in [0, 0.05) is 18.2 Å². The summed E-state index contributed by atoms with van der Waals surface area (Å²) in [5.74, 6) is 0.461. The molecule has 0 radical (unpaired) electrons. The van der Waals surface area contributed by atoms with Crippen LogP contribution in [0, 0.1) is 0 Å². The molecule has 0 fully saturated rings. The number of carbonyl (C=O) groups is 1. The zero-order valence-corrected chi connectivity index (χ0v) is 13.0. The summed E-state index contributed by atoms with van der Waals surface area (Å²) in [7, 11) is 0. The molecule has 120 valence electrons. The van der Waals surface area contributed by atoms with Crippen molar-refractivity contribution in [3.8, 4) is 11.3 Å². The minimum Gasteiger partial charge on any atom is -0.465 e. The monoisotopic (exact) mass is 319 g/mol. The van der Waals surface area contributed by atoms with E-state index in [2.05, 4.69) is 15.3 Å². The maximum atomic E-state index is 11.2.